The van der Waals surface area contributed by atoms with Crippen LogP contribution in [0.15, 0.2) is 24.3 Å². The van der Waals surface area contributed by atoms with E-state index in [0.29, 0.717) is 18.5 Å². The molecule has 6 heteroatoms. The van der Waals surface area contributed by atoms with Crippen LogP contribution in [-0.4, -0.2) is 36.0 Å². The summed E-state index contributed by atoms with van der Waals surface area (Å²) < 4.78 is 0. The van der Waals surface area contributed by atoms with Gasteiger partial charge in [0.05, 0.1) is 5.92 Å². The van der Waals surface area contributed by atoms with Crippen molar-refractivity contribution in [1.82, 2.24) is 15.5 Å². The summed E-state index contributed by atoms with van der Waals surface area (Å²) in [5, 5.41) is 5.89. The second kappa shape index (κ2) is 7.87. The van der Waals surface area contributed by atoms with Crippen LogP contribution < -0.4 is 16.4 Å². The molecule has 136 valence electrons. The number of rotatable bonds is 6. The van der Waals surface area contributed by atoms with E-state index in [4.69, 9.17) is 5.73 Å². The van der Waals surface area contributed by atoms with E-state index in [-0.39, 0.29) is 17.9 Å². The highest BCUT2D eigenvalue weighted by Crippen LogP contribution is 2.28. The van der Waals surface area contributed by atoms with E-state index >= 15 is 0 Å². The molecule has 1 aromatic carbocycles. The van der Waals surface area contributed by atoms with Crippen molar-refractivity contribution in [2.75, 3.05) is 13.1 Å². The third kappa shape index (κ3) is 5.19. The Morgan fingerprint density at radius 2 is 2.08 bits per heavy atom. The Bertz CT molecular complexity index is 634. The third-order valence-electron chi connectivity index (χ3n) is 5.18. The number of carbonyl (C=O) groups is 2. The van der Waals surface area contributed by atoms with Gasteiger partial charge in [0.1, 0.15) is 0 Å². The molecular formula is C19H28N4O2. The first-order chi connectivity index (χ1) is 12.0. The number of amides is 3. The second-order valence-electron chi connectivity index (χ2n) is 7.44. The number of nitrogens with one attached hydrogen (secondary N) is 2. The lowest BCUT2D eigenvalue weighted by Crippen LogP contribution is -2.40. The van der Waals surface area contributed by atoms with Crippen LogP contribution in [-0.2, 0) is 17.9 Å². The summed E-state index contributed by atoms with van der Waals surface area (Å²) in [4.78, 5) is 25.5. The van der Waals surface area contributed by atoms with Gasteiger partial charge in [-0.2, -0.15) is 0 Å². The minimum Gasteiger partial charge on any atom is -0.369 e. The van der Waals surface area contributed by atoms with E-state index in [0.717, 1.165) is 44.5 Å². The first-order valence-corrected chi connectivity index (χ1v) is 9.15. The van der Waals surface area contributed by atoms with Crippen molar-refractivity contribution in [2.24, 2.45) is 17.6 Å². The molecule has 2 fully saturated rings. The molecule has 1 saturated carbocycles. The number of benzene rings is 1. The summed E-state index contributed by atoms with van der Waals surface area (Å²) >= 11 is 0. The van der Waals surface area contributed by atoms with Crippen molar-refractivity contribution in [3.8, 4) is 0 Å². The Morgan fingerprint density at radius 1 is 1.32 bits per heavy atom. The molecule has 2 aliphatic rings. The standard InChI is InChI=1S/C19H28N4O2/c1-13-8-17(13)22-19(25)21-10-14-4-2-5-15(9-14)11-23-7-3-6-16(12-23)18(20)24/h2,4-5,9,13,16-17H,3,6-8,10-12H2,1H3,(H2,20,24)(H2,21,22,25)/t13-,16+,17-/m1/s1. The molecule has 0 unspecified atom stereocenters. The van der Waals surface area contributed by atoms with Crippen LogP contribution in [0.25, 0.3) is 0 Å². The van der Waals surface area contributed by atoms with Crippen LogP contribution in [0.3, 0.4) is 0 Å². The fourth-order valence-electron chi connectivity index (χ4n) is 3.45. The van der Waals surface area contributed by atoms with Gasteiger partial charge in [-0.05, 0) is 42.9 Å². The van der Waals surface area contributed by atoms with E-state index in [1.165, 1.54) is 5.56 Å². The maximum absolute atomic E-state index is 11.8. The predicted molar refractivity (Wildman–Crippen MR) is 96.6 cm³/mol. The first-order valence-electron chi connectivity index (χ1n) is 9.15. The largest absolute Gasteiger partial charge is 0.369 e. The Labute approximate surface area is 149 Å². The van der Waals surface area contributed by atoms with Gasteiger partial charge in [0, 0.05) is 25.7 Å². The number of nitrogens with two attached hydrogens (primary N) is 1. The van der Waals surface area contributed by atoms with Gasteiger partial charge >= 0.3 is 6.03 Å². The Morgan fingerprint density at radius 3 is 2.80 bits per heavy atom. The zero-order chi connectivity index (χ0) is 17.8. The Hall–Kier alpha value is -2.08. The van der Waals surface area contributed by atoms with Crippen LogP contribution >= 0.6 is 0 Å². The van der Waals surface area contributed by atoms with Gasteiger partial charge in [-0.25, -0.2) is 4.79 Å². The number of piperidine rings is 1. The fourth-order valence-corrected chi connectivity index (χ4v) is 3.45. The zero-order valence-corrected chi connectivity index (χ0v) is 14.8. The molecule has 6 nitrogen and oxygen atoms in total. The van der Waals surface area contributed by atoms with E-state index in [1.54, 1.807) is 0 Å². The summed E-state index contributed by atoms with van der Waals surface area (Å²) in [7, 11) is 0. The third-order valence-corrected chi connectivity index (χ3v) is 5.18. The number of hydrogen-bond acceptors (Lipinski definition) is 3. The monoisotopic (exact) mass is 344 g/mol. The molecule has 1 heterocycles. The normalized spacial score (nSPS) is 26.0. The fraction of sp³-hybridized carbons (Fsp3) is 0.579. The summed E-state index contributed by atoms with van der Waals surface area (Å²) in [6, 6.07) is 8.48. The number of likely N-dealkylation sites (tertiary alicyclic amines) is 1. The second-order valence-corrected chi connectivity index (χ2v) is 7.44. The van der Waals surface area contributed by atoms with Crippen molar-refractivity contribution in [3.05, 3.63) is 35.4 Å². The van der Waals surface area contributed by atoms with Gasteiger partial charge in [-0.1, -0.05) is 31.2 Å². The van der Waals surface area contributed by atoms with E-state index < -0.39 is 0 Å². The summed E-state index contributed by atoms with van der Waals surface area (Å²) in [6.45, 7) is 5.19. The van der Waals surface area contributed by atoms with Gasteiger partial charge < -0.3 is 16.4 Å². The van der Waals surface area contributed by atoms with Crippen LogP contribution in [0.4, 0.5) is 4.79 Å². The number of nitrogens with zero attached hydrogens (tertiary/aromatic N) is 1. The molecular weight excluding hydrogens is 316 g/mol. The molecule has 1 aliphatic heterocycles. The lowest BCUT2D eigenvalue weighted by molar-refractivity contribution is -0.123. The molecule has 1 saturated heterocycles. The summed E-state index contributed by atoms with van der Waals surface area (Å²) in [6.07, 6.45) is 2.98. The van der Waals surface area contributed by atoms with E-state index in [9.17, 15) is 9.59 Å². The number of carbonyl (C=O) groups excluding carboxylic acids is 2. The predicted octanol–water partition coefficient (Wildman–Crippen LogP) is 1.59. The van der Waals surface area contributed by atoms with Crippen molar-refractivity contribution in [1.29, 1.82) is 0 Å². The molecule has 3 atom stereocenters. The highest BCUT2D eigenvalue weighted by molar-refractivity contribution is 5.77. The number of primary amides is 1. The van der Waals surface area contributed by atoms with Crippen molar-refractivity contribution in [2.45, 2.75) is 45.3 Å². The molecule has 0 radical (unpaired) electrons. The average molecular weight is 344 g/mol. The van der Waals surface area contributed by atoms with Gasteiger partial charge in [0.25, 0.3) is 0 Å². The van der Waals surface area contributed by atoms with Gasteiger partial charge in [0.2, 0.25) is 5.91 Å². The molecule has 0 bridgehead atoms. The van der Waals surface area contributed by atoms with Crippen LogP contribution in [0, 0.1) is 11.8 Å². The topological polar surface area (TPSA) is 87.5 Å². The van der Waals surface area contributed by atoms with Gasteiger partial charge in [-0.3, -0.25) is 9.69 Å². The molecule has 0 spiro atoms. The lowest BCUT2D eigenvalue weighted by Gasteiger charge is -2.31. The molecule has 0 aromatic heterocycles. The Balaban J connectivity index is 1.49. The zero-order valence-electron chi connectivity index (χ0n) is 14.8. The highest BCUT2D eigenvalue weighted by atomic mass is 16.2. The first kappa shape index (κ1) is 17.7. The minimum atomic E-state index is -0.196. The van der Waals surface area contributed by atoms with E-state index in [2.05, 4.69) is 34.6 Å². The highest BCUT2D eigenvalue weighted by Gasteiger charge is 2.33. The molecule has 1 aromatic rings. The maximum atomic E-state index is 11.8. The van der Waals surface area contributed by atoms with Crippen molar-refractivity contribution >= 4 is 11.9 Å². The number of hydrogen-bond donors (Lipinski definition) is 3. The minimum absolute atomic E-state index is 0.0351. The van der Waals surface area contributed by atoms with Gasteiger partial charge in [0.15, 0.2) is 0 Å². The molecule has 3 amide bonds. The maximum Gasteiger partial charge on any atom is 0.315 e. The van der Waals surface area contributed by atoms with Crippen molar-refractivity contribution < 1.29 is 9.59 Å². The van der Waals surface area contributed by atoms with Crippen molar-refractivity contribution in [3.63, 3.8) is 0 Å². The molecule has 1 aliphatic carbocycles. The molecule has 4 N–H and O–H groups in total. The van der Waals surface area contributed by atoms with Gasteiger partial charge in [-0.15, -0.1) is 0 Å². The lowest BCUT2D eigenvalue weighted by atomic mass is 9.97. The van der Waals surface area contributed by atoms with Crippen LogP contribution in [0.5, 0.6) is 0 Å². The SMILES string of the molecule is C[C@@H]1C[C@H]1NC(=O)NCc1cccc(CN2CCC[C@H](C(N)=O)C2)c1. The van der Waals surface area contributed by atoms with E-state index in [1.807, 2.05) is 12.1 Å². The molecule has 3 rings (SSSR count). The number of urea groups is 1. The molecule has 25 heavy (non-hydrogen) atoms. The van der Waals surface area contributed by atoms with Crippen LogP contribution in [0.1, 0.15) is 37.3 Å². The average Bonchev–Trinajstić information content (AvgIpc) is 3.28. The Kier molecular flexibility index (Phi) is 5.58. The summed E-state index contributed by atoms with van der Waals surface area (Å²) in [5.41, 5.74) is 7.73. The smallest absolute Gasteiger partial charge is 0.315 e. The van der Waals surface area contributed by atoms with Crippen LogP contribution in [0.2, 0.25) is 0 Å². The summed E-state index contributed by atoms with van der Waals surface area (Å²) in [5.74, 6) is 0.369. The quantitative estimate of drug-likeness (QED) is 0.732.